The molecule has 2 N–H and O–H groups in total. The van der Waals surface area contributed by atoms with Crippen molar-refractivity contribution in [3.05, 3.63) is 29.8 Å². The minimum atomic E-state index is 0.693. The van der Waals surface area contributed by atoms with Crippen LogP contribution in [0.3, 0.4) is 0 Å². The second kappa shape index (κ2) is 2.62. The fourth-order valence-corrected chi connectivity index (χ4v) is 1.28. The zero-order valence-corrected chi connectivity index (χ0v) is 6.95. The summed E-state index contributed by atoms with van der Waals surface area (Å²) in [4.78, 5) is 0. The molecule has 5 heteroatoms. The third kappa shape index (κ3) is 1.09. The first-order chi connectivity index (χ1) is 5.77. The average Bonchev–Trinajstić information content (AvgIpc) is 2.04. The van der Waals surface area contributed by atoms with E-state index in [9.17, 15) is 5.21 Å². The molecule has 2 rings (SSSR count). The molecule has 0 spiro atoms. The highest BCUT2D eigenvalue weighted by atomic mass is 32.1. The summed E-state index contributed by atoms with van der Waals surface area (Å²) in [6.07, 6.45) is 1.72. The number of fused-ring (bicyclic) bond motifs is 1. The summed E-state index contributed by atoms with van der Waals surface area (Å²) in [5.74, 6) is 0. The number of hydrogen-bond acceptors (Lipinski definition) is 4. The fraction of sp³-hybridized carbons (Fsp3) is 0. The lowest BCUT2D eigenvalue weighted by atomic mass is 10.2. The van der Waals surface area contributed by atoms with Crippen molar-refractivity contribution in [1.82, 2.24) is 5.53 Å². The summed E-state index contributed by atoms with van der Waals surface area (Å²) in [5, 5.41) is 10.2. The molecular formula is C7H7N3OS. The van der Waals surface area contributed by atoms with Gasteiger partial charge in [-0.05, 0) is 12.1 Å². The van der Waals surface area contributed by atoms with E-state index in [2.05, 4.69) is 5.53 Å². The maximum atomic E-state index is 9.33. The molecule has 0 saturated carbocycles. The third-order valence-corrected chi connectivity index (χ3v) is 1.80. The van der Waals surface area contributed by atoms with E-state index in [-0.39, 0.29) is 0 Å². The molecule has 4 nitrogen and oxygen atoms in total. The molecular weight excluding hydrogens is 174 g/mol. The lowest BCUT2D eigenvalue weighted by Gasteiger charge is -2.22. The van der Waals surface area contributed by atoms with Crippen LogP contribution in [0.2, 0.25) is 0 Å². The Labute approximate surface area is 75.2 Å². The second-order valence-corrected chi connectivity index (χ2v) is 2.82. The van der Waals surface area contributed by atoms with Gasteiger partial charge in [-0.1, -0.05) is 17.7 Å². The van der Waals surface area contributed by atoms with Crippen molar-refractivity contribution in [2.24, 2.45) is 0 Å². The standard InChI is InChI=1S/C7H7N3OS/c11-10-7-4-2-1-3-6(7)5-9(12)8-10/h1-5,8,11H. The molecule has 0 bridgehead atoms. The minimum absolute atomic E-state index is 0.693. The minimum Gasteiger partial charge on any atom is -0.394 e. The van der Waals surface area contributed by atoms with Crippen LogP contribution < -0.4 is 10.7 Å². The molecule has 62 valence electrons. The van der Waals surface area contributed by atoms with E-state index in [4.69, 9.17) is 12.8 Å². The Morgan fingerprint density at radius 3 is 3.00 bits per heavy atom. The highest BCUT2D eigenvalue weighted by molar-refractivity contribution is 7.51. The number of hydrazine groups is 2. The monoisotopic (exact) mass is 181 g/mol. The largest absolute Gasteiger partial charge is 0.394 e. The number of hydrazone groups is 1. The van der Waals surface area contributed by atoms with Crippen LogP contribution in [0.5, 0.6) is 0 Å². The molecule has 0 radical (unpaired) electrons. The van der Waals surface area contributed by atoms with Crippen LogP contribution in [0.1, 0.15) is 5.56 Å². The maximum absolute atomic E-state index is 9.33. The number of para-hydroxylation sites is 1. The first-order valence-electron chi connectivity index (χ1n) is 3.43. The molecule has 1 aromatic carbocycles. The van der Waals surface area contributed by atoms with E-state index >= 15 is 0 Å². The molecule has 12 heavy (non-hydrogen) atoms. The van der Waals surface area contributed by atoms with Gasteiger partial charge >= 0.3 is 0 Å². The van der Waals surface area contributed by atoms with E-state index in [0.29, 0.717) is 5.69 Å². The molecule has 1 aliphatic rings. The molecule has 1 aromatic rings. The highest BCUT2D eigenvalue weighted by Gasteiger charge is 2.14. The molecule has 1 heterocycles. The Balaban J connectivity index is 2.55. The topological polar surface area (TPSA) is 38.5 Å². The molecule has 0 atom stereocenters. The van der Waals surface area contributed by atoms with Crippen LogP contribution in [-0.4, -0.2) is 15.5 Å². The Morgan fingerprint density at radius 2 is 2.17 bits per heavy atom. The van der Waals surface area contributed by atoms with Crippen LogP contribution in [-0.2, 0) is 12.8 Å². The van der Waals surface area contributed by atoms with Crippen LogP contribution in [0, 0.1) is 0 Å². The van der Waals surface area contributed by atoms with Gasteiger partial charge in [0.05, 0.1) is 5.56 Å². The molecule has 0 aromatic heterocycles. The zero-order valence-electron chi connectivity index (χ0n) is 6.14. The van der Waals surface area contributed by atoms with Gasteiger partial charge in [0, 0.05) is 0 Å². The summed E-state index contributed by atoms with van der Waals surface area (Å²) < 4.78 is 1.27. The zero-order chi connectivity index (χ0) is 8.55. The van der Waals surface area contributed by atoms with Gasteiger partial charge in [0.1, 0.15) is 5.69 Å². The van der Waals surface area contributed by atoms with Crippen molar-refractivity contribution in [1.29, 1.82) is 0 Å². The van der Waals surface area contributed by atoms with Gasteiger partial charge in [0.15, 0.2) is 6.21 Å². The summed E-state index contributed by atoms with van der Waals surface area (Å²) in [6, 6.07) is 7.40. The van der Waals surface area contributed by atoms with E-state index in [0.717, 1.165) is 10.7 Å². The van der Waals surface area contributed by atoms with Gasteiger partial charge in [0.2, 0.25) is 0 Å². The molecule has 0 unspecified atom stereocenters. The summed E-state index contributed by atoms with van der Waals surface area (Å²) >= 11 is 4.81. The first-order valence-corrected chi connectivity index (χ1v) is 3.79. The summed E-state index contributed by atoms with van der Waals surface area (Å²) in [7, 11) is 0. The van der Waals surface area contributed by atoms with Crippen LogP contribution >= 0.6 is 0 Å². The Morgan fingerprint density at radius 1 is 1.42 bits per heavy atom. The smallest absolute Gasteiger partial charge is 0.187 e. The Kier molecular flexibility index (Phi) is 1.60. The number of hydrogen-bond donors (Lipinski definition) is 2. The number of nitrogens with zero attached hydrogens (tertiary/aromatic N) is 2. The van der Waals surface area contributed by atoms with Gasteiger partial charge in [-0.25, -0.2) is 0 Å². The van der Waals surface area contributed by atoms with Gasteiger partial charge in [-0.2, -0.15) is 4.09 Å². The van der Waals surface area contributed by atoms with E-state index < -0.39 is 0 Å². The van der Waals surface area contributed by atoms with Crippen LogP contribution in [0.15, 0.2) is 24.3 Å². The first kappa shape index (κ1) is 7.33. The molecule has 1 aliphatic heterocycles. The third-order valence-electron chi connectivity index (χ3n) is 1.61. The molecule has 0 amide bonds. The molecule has 0 aliphatic carbocycles. The van der Waals surface area contributed by atoms with E-state index in [1.807, 2.05) is 18.2 Å². The van der Waals surface area contributed by atoms with Crippen molar-refractivity contribution in [3.8, 4) is 0 Å². The maximum Gasteiger partial charge on any atom is 0.187 e. The lowest BCUT2D eigenvalue weighted by Crippen LogP contribution is -2.44. The predicted molar refractivity (Wildman–Crippen MR) is 46.6 cm³/mol. The van der Waals surface area contributed by atoms with Gasteiger partial charge in [-0.3, -0.25) is 5.21 Å². The normalized spacial score (nSPS) is 14.8. The van der Waals surface area contributed by atoms with Gasteiger partial charge in [-0.15, -0.1) is 5.17 Å². The number of rotatable bonds is 0. The lowest BCUT2D eigenvalue weighted by molar-refractivity contribution is -0.432. The van der Waals surface area contributed by atoms with Crippen LogP contribution in [0.4, 0.5) is 5.69 Å². The quantitative estimate of drug-likeness (QED) is 0.443. The van der Waals surface area contributed by atoms with Crippen molar-refractivity contribution in [2.75, 3.05) is 5.17 Å². The highest BCUT2D eigenvalue weighted by Crippen LogP contribution is 2.17. The van der Waals surface area contributed by atoms with Crippen molar-refractivity contribution < 1.29 is 9.30 Å². The Hall–Kier alpha value is -1.33. The summed E-state index contributed by atoms with van der Waals surface area (Å²) in [5.41, 5.74) is 4.09. The number of anilines is 1. The summed E-state index contributed by atoms with van der Waals surface area (Å²) in [6.45, 7) is 0. The van der Waals surface area contributed by atoms with Crippen LogP contribution in [0.25, 0.3) is 0 Å². The van der Waals surface area contributed by atoms with E-state index in [1.165, 1.54) is 4.09 Å². The predicted octanol–water partition coefficient (Wildman–Crippen LogP) is 0.209. The van der Waals surface area contributed by atoms with Gasteiger partial charge < -0.3 is 12.8 Å². The van der Waals surface area contributed by atoms with Crippen molar-refractivity contribution in [3.63, 3.8) is 0 Å². The number of nitrogens with one attached hydrogen (secondary N) is 1. The fourth-order valence-electron chi connectivity index (χ4n) is 1.09. The number of benzene rings is 1. The molecule has 0 fully saturated rings. The van der Waals surface area contributed by atoms with Crippen molar-refractivity contribution >= 4 is 24.7 Å². The Bertz CT molecular complexity index is 339. The van der Waals surface area contributed by atoms with Gasteiger partial charge in [0.25, 0.3) is 0 Å². The van der Waals surface area contributed by atoms with Crippen molar-refractivity contribution in [2.45, 2.75) is 0 Å². The SMILES string of the molecule is ON1N[N+]([S-])=Cc2ccccc21. The molecule has 0 saturated heterocycles. The average molecular weight is 181 g/mol. The second-order valence-electron chi connectivity index (χ2n) is 2.43. The van der Waals surface area contributed by atoms with E-state index in [1.54, 1.807) is 12.3 Å².